The molecule has 1 unspecified atom stereocenters. The van der Waals surface area contributed by atoms with Crippen molar-refractivity contribution < 1.29 is 17.6 Å². The number of carbonyl (C=O) groups excluding carboxylic acids is 1. The Morgan fingerprint density at radius 2 is 2.06 bits per heavy atom. The number of amides is 1. The first-order valence-electron chi connectivity index (χ1n) is 4.52. The summed E-state index contributed by atoms with van der Waals surface area (Å²) in [5.74, 6) is -1.20. The standard InChI is InChI=1S/C9H6Cl2FNO3S/c10-6-3-5(1-2-7(6)12)8-4-9(14)13(8)17(11,15)16/h1-3,8H,4H2. The Morgan fingerprint density at radius 1 is 1.41 bits per heavy atom. The predicted molar refractivity (Wildman–Crippen MR) is 60.4 cm³/mol. The Balaban J connectivity index is 2.36. The molecule has 0 bridgehead atoms. The van der Waals surface area contributed by atoms with Gasteiger partial charge in [0.2, 0.25) is 5.91 Å². The van der Waals surface area contributed by atoms with Gasteiger partial charge < -0.3 is 0 Å². The highest BCUT2D eigenvalue weighted by Crippen LogP contribution is 2.39. The molecule has 1 aliphatic rings. The molecule has 1 heterocycles. The molecular weight excluding hydrogens is 292 g/mol. The molecule has 2 rings (SSSR count). The summed E-state index contributed by atoms with van der Waals surface area (Å²) in [6, 6.07) is 3.05. The number of rotatable bonds is 2. The minimum absolute atomic E-state index is 0.00785. The third-order valence-corrected chi connectivity index (χ3v) is 4.12. The highest BCUT2D eigenvalue weighted by atomic mass is 35.7. The zero-order chi connectivity index (χ0) is 12.8. The summed E-state index contributed by atoms with van der Waals surface area (Å²) in [7, 11) is 0.999. The van der Waals surface area contributed by atoms with Crippen molar-refractivity contribution in [1.82, 2.24) is 4.31 Å². The van der Waals surface area contributed by atoms with Gasteiger partial charge in [-0.2, -0.15) is 8.42 Å². The molecule has 1 aromatic rings. The summed E-state index contributed by atoms with van der Waals surface area (Å²) in [5.41, 5.74) is 0.431. The quantitative estimate of drug-likeness (QED) is 0.621. The maximum Gasteiger partial charge on any atom is 0.324 e. The average Bonchev–Trinajstić information content (AvgIpc) is 2.16. The highest BCUT2D eigenvalue weighted by Gasteiger charge is 2.44. The van der Waals surface area contributed by atoms with E-state index in [1.54, 1.807) is 0 Å². The van der Waals surface area contributed by atoms with Crippen LogP contribution >= 0.6 is 22.3 Å². The molecule has 8 heteroatoms. The van der Waals surface area contributed by atoms with E-state index in [-0.39, 0.29) is 11.4 Å². The van der Waals surface area contributed by atoms with Crippen molar-refractivity contribution in [3.8, 4) is 0 Å². The lowest BCUT2D eigenvalue weighted by Gasteiger charge is -2.37. The second-order valence-electron chi connectivity index (χ2n) is 3.53. The van der Waals surface area contributed by atoms with E-state index in [4.69, 9.17) is 22.3 Å². The normalized spacial score (nSPS) is 20.3. The highest BCUT2D eigenvalue weighted by molar-refractivity contribution is 8.12. The molecule has 0 N–H and O–H groups in total. The summed E-state index contributed by atoms with van der Waals surface area (Å²) in [5, 5.41) is -0.131. The Hall–Kier alpha value is -0.850. The second-order valence-corrected chi connectivity index (χ2v) is 6.32. The Morgan fingerprint density at radius 3 is 2.53 bits per heavy atom. The van der Waals surface area contributed by atoms with Gasteiger partial charge >= 0.3 is 9.24 Å². The molecular formula is C9H6Cl2FNO3S. The molecule has 1 saturated heterocycles. The second kappa shape index (κ2) is 4.12. The van der Waals surface area contributed by atoms with Crippen LogP contribution in [0.4, 0.5) is 4.39 Å². The molecule has 1 amide bonds. The van der Waals surface area contributed by atoms with Gasteiger partial charge in [-0.1, -0.05) is 17.7 Å². The van der Waals surface area contributed by atoms with Crippen LogP contribution in [-0.4, -0.2) is 18.6 Å². The number of halogens is 3. The first-order chi connectivity index (χ1) is 7.80. The summed E-state index contributed by atoms with van der Waals surface area (Å²) < 4.78 is 35.7. The van der Waals surface area contributed by atoms with E-state index < -0.39 is 27.0 Å². The molecule has 0 radical (unpaired) electrons. The van der Waals surface area contributed by atoms with Gasteiger partial charge in [0.25, 0.3) is 0 Å². The minimum atomic E-state index is -4.12. The number of benzene rings is 1. The van der Waals surface area contributed by atoms with Crippen molar-refractivity contribution in [3.63, 3.8) is 0 Å². The van der Waals surface area contributed by atoms with Gasteiger partial charge in [0.15, 0.2) is 0 Å². The first-order valence-corrected chi connectivity index (χ1v) is 7.17. The number of hydrogen-bond acceptors (Lipinski definition) is 3. The number of hydrogen-bond donors (Lipinski definition) is 0. The van der Waals surface area contributed by atoms with E-state index >= 15 is 0 Å². The molecule has 1 fully saturated rings. The molecule has 1 aromatic carbocycles. The van der Waals surface area contributed by atoms with Crippen molar-refractivity contribution in [2.75, 3.05) is 0 Å². The van der Waals surface area contributed by atoms with Crippen LogP contribution in [0.3, 0.4) is 0 Å². The maximum absolute atomic E-state index is 12.9. The lowest BCUT2D eigenvalue weighted by atomic mass is 9.97. The van der Waals surface area contributed by atoms with Crippen LogP contribution in [0.5, 0.6) is 0 Å². The lowest BCUT2D eigenvalue weighted by molar-refractivity contribution is -0.137. The molecule has 17 heavy (non-hydrogen) atoms. The van der Waals surface area contributed by atoms with Gasteiger partial charge in [0.05, 0.1) is 17.5 Å². The van der Waals surface area contributed by atoms with E-state index in [1.165, 1.54) is 12.1 Å². The predicted octanol–water partition coefficient (Wildman–Crippen LogP) is 2.24. The van der Waals surface area contributed by atoms with Crippen LogP contribution < -0.4 is 0 Å². The van der Waals surface area contributed by atoms with E-state index in [1.807, 2.05) is 0 Å². The van der Waals surface area contributed by atoms with Crippen molar-refractivity contribution in [3.05, 3.63) is 34.6 Å². The molecule has 92 valence electrons. The number of carbonyl (C=O) groups is 1. The zero-order valence-electron chi connectivity index (χ0n) is 8.23. The van der Waals surface area contributed by atoms with Crippen LogP contribution in [0.15, 0.2) is 18.2 Å². The van der Waals surface area contributed by atoms with Gasteiger partial charge in [0, 0.05) is 10.7 Å². The summed E-state index contributed by atoms with van der Waals surface area (Å²) in [6.07, 6.45) is 0.00785. The molecule has 0 aliphatic carbocycles. The molecule has 0 aromatic heterocycles. The van der Waals surface area contributed by atoms with Crippen LogP contribution in [-0.2, 0) is 14.0 Å². The fourth-order valence-electron chi connectivity index (χ4n) is 1.65. The van der Waals surface area contributed by atoms with Gasteiger partial charge in [0.1, 0.15) is 5.82 Å². The lowest BCUT2D eigenvalue weighted by Crippen LogP contribution is -2.47. The van der Waals surface area contributed by atoms with Gasteiger partial charge in [-0.15, -0.1) is 0 Å². The Bertz CT molecular complexity index is 590. The number of β-lactam (4-membered cyclic amide) rings is 1. The van der Waals surface area contributed by atoms with Crippen molar-refractivity contribution in [1.29, 1.82) is 0 Å². The average molecular weight is 298 g/mol. The van der Waals surface area contributed by atoms with Crippen LogP contribution in [0, 0.1) is 5.82 Å². The fraction of sp³-hybridized carbons (Fsp3) is 0.222. The molecule has 0 spiro atoms. The zero-order valence-corrected chi connectivity index (χ0v) is 10.6. The van der Waals surface area contributed by atoms with E-state index in [2.05, 4.69) is 0 Å². The number of nitrogens with zero attached hydrogens (tertiary/aromatic N) is 1. The largest absolute Gasteiger partial charge is 0.324 e. The van der Waals surface area contributed by atoms with Crippen LogP contribution in [0.2, 0.25) is 5.02 Å². The van der Waals surface area contributed by atoms with E-state index in [9.17, 15) is 17.6 Å². The third-order valence-electron chi connectivity index (χ3n) is 2.46. The molecule has 0 saturated carbocycles. The summed E-state index contributed by atoms with van der Waals surface area (Å²) >= 11 is 5.58. The first kappa shape index (κ1) is 12.6. The van der Waals surface area contributed by atoms with Crippen LogP contribution in [0.1, 0.15) is 18.0 Å². The fourth-order valence-corrected chi connectivity index (χ4v) is 3.17. The third kappa shape index (κ3) is 2.25. The van der Waals surface area contributed by atoms with Gasteiger partial charge in [-0.25, -0.2) is 8.70 Å². The maximum atomic E-state index is 12.9. The van der Waals surface area contributed by atoms with Crippen molar-refractivity contribution in [2.45, 2.75) is 12.5 Å². The molecule has 1 aliphatic heterocycles. The smallest absolute Gasteiger partial charge is 0.274 e. The summed E-state index contributed by atoms with van der Waals surface area (Å²) in [6.45, 7) is 0. The minimum Gasteiger partial charge on any atom is -0.274 e. The van der Waals surface area contributed by atoms with Gasteiger partial charge in [-0.3, -0.25) is 4.79 Å². The van der Waals surface area contributed by atoms with Crippen molar-refractivity contribution >= 4 is 37.4 Å². The van der Waals surface area contributed by atoms with E-state index in [0.717, 1.165) is 6.07 Å². The van der Waals surface area contributed by atoms with Crippen LogP contribution in [0.25, 0.3) is 0 Å². The van der Waals surface area contributed by atoms with Gasteiger partial charge in [-0.05, 0) is 17.7 Å². The summed E-state index contributed by atoms with van der Waals surface area (Å²) in [4.78, 5) is 11.2. The Labute approximate surface area is 106 Å². The monoisotopic (exact) mass is 297 g/mol. The Kier molecular flexibility index (Phi) is 3.05. The van der Waals surface area contributed by atoms with Crippen molar-refractivity contribution in [2.24, 2.45) is 0 Å². The SMILES string of the molecule is O=C1CC(c2ccc(F)c(Cl)c2)N1S(=O)(=O)Cl. The molecule has 1 atom stereocenters. The topological polar surface area (TPSA) is 54.5 Å². The van der Waals surface area contributed by atoms with E-state index in [0.29, 0.717) is 9.87 Å². The molecule has 4 nitrogen and oxygen atoms in total.